The Morgan fingerprint density at radius 1 is 1.41 bits per heavy atom. The van der Waals surface area contributed by atoms with Crippen LogP contribution in [0.3, 0.4) is 0 Å². The van der Waals surface area contributed by atoms with Crippen LogP contribution in [0.2, 0.25) is 0 Å². The highest BCUT2D eigenvalue weighted by Gasteiger charge is 2.29. The van der Waals surface area contributed by atoms with E-state index < -0.39 is 22.3 Å². The molecule has 0 amide bonds. The van der Waals surface area contributed by atoms with Crippen LogP contribution in [0.1, 0.15) is 6.92 Å². The third-order valence-corrected chi connectivity index (χ3v) is 3.12. The van der Waals surface area contributed by atoms with Crippen LogP contribution in [0.5, 0.6) is 0 Å². The molecule has 0 aliphatic carbocycles. The van der Waals surface area contributed by atoms with Gasteiger partial charge in [0.2, 0.25) is 0 Å². The van der Waals surface area contributed by atoms with Crippen LogP contribution in [-0.4, -0.2) is 44.8 Å². The topological polar surface area (TPSA) is 145 Å². The van der Waals surface area contributed by atoms with Crippen molar-refractivity contribution >= 4 is 47.5 Å². The van der Waals surface area contributed by atoms with E-state index in [-0.39, 0.29) is 48.8 Å². The average molecular weight is 309 g/mol. The smallest absolute Gasteiger partial charge is 0.324 e. The minimum atomic E-state index is -1.48. The molecule has 10 heteroatoms. The summed E-state index contributed by atoms with van der Waals surface area (Å²) in [6, 6.07) is 0. The number of nitrogens with zero attached hydrogens (tertiary/aromatic N) is 1. The molecule has 0 aromatic rings. The Kier molecular flexibility index (Phi) is 12.1. The van der Waals surface area contributed by atoms with Gasteiger partial charge in [0, 0.05) is 16.6 Å². The van der Waals surface area contributed by atoms with E-state index in [1.807, 2.05) is 0 Å². The first-order valence-electron chi connectivity index (χ1n) is 4.18. The van der Waals surface area contributed by atoms with Crippen molar-refractivity contribution < 1.29 is 14.1 Å². The molecule has 0 bridgehead atoms. The summed E-state index contributed by atoms with van der Waals surface area (Å²) < 4.78 is 11.4. The monoisotopic (exact) mass is 308 g/mol. The van der Waals surface area contributed by atoms with Gasteiger partial charge in [-0.1, -0.05) is 0 Å². The number of guanidine groups is 1. The van der Waals surface area contributed by atoms with E-state index in [2.05, 4.69) is 4.99 Å². The molecule has 0 spiro atoms. The molecular weight excluding hydrogens is 291 g/mol. The number of carbonyl (C=O) groups is 1. The third-order valence-electron chi connectivity index (χ3n) is 1.56. The van der Waals surface area contributed by atoms with Crippen LogP contribution in [-0.2, 0) is 15.6 Å². The Morgan fingerprint density at radius 3 is 2.24 bits per heavy atom. The molecule has 1 unspecified atom stereocenters. The van der Waals surface area contributed by atoms with Gasteiger partial charge < -0.3 is 22.3 Å². The van der Waals surface area contributed by atoms with Crippen molar-refractivity contribution in [2.24, 2.45) is 22.2 Å². The Bertz CT molecular complexity index is 295. The molecule has 2 atom stereocenters. The van der Waals surface area contributed by atoms with Gasteiger partial charge in [0.05, 0.1) is 12.3 Å². The first-order chi connectivity index (χ1) is 6.75. The van der Waals surface area contributed by atoms with E-state index in [0.717, 1.165) is 0 Å². The van der Waals surface area contributed by atoms with Crippen molar-refractivity contribution in [3.63, 3.8) is 0 Å². The number of carboxylic acid groups (broad SMARTS) is 1. The van der Waals surface area contributed by atoms with Crippen LogP contribution in [0, 0.1) is 0 Å². The third kappa shape index (κ3) is 10.3. The molecule has 7 nitrogen and oxygen atoms in total. The molecule has 0 rings (SSSR count). The van der Waals surface area contributed by atoms with Gasteiger partial charge in [-0.25, -0.2) is 0 Å². The lowest BCUT2D eigenvalue weighted by molar-refractivity contribution is -0.141. The van der Waals surface area contributed by atoms with Crippen LogP contribution >= 0.6 is 24.8 Å². The maximum absolute atomic E-state index is 11.4. The van der Waals surface area contributed by atoms with E-state index >= 15 is 0 Å². The largest absolute Gasteiger partial charge is 0.480 e. The molecule has 0 aliphatic heterocycles. The highest BCUT2D eigenvalue weighted by Crippen LogP contribution is 2.02. The summed E-state index contributed by atoms with van der Waals surface area (Å²) in [7, 11) is -1.35. The molecule has 0 aromatic carbocycles. The molecular formula is C7H18Cl2N4O3S. The fourth-order valence-electron chi connectivity index (χ4n) is 0.745. The molecule has 0 radical (unpaired) electrons. The number of hydrogen-bond donors (Lipinski definition) is 4. The number of carboxylic acids is 1. The van der Waals surface area contributed by atoms with Crippen molar-refractivity contribution in [1.29, 1.82) is 0 Å². The lowest BCUT2D eigenvalue weighted by Crippen LogP contribution is -2.49. The van der Waals surface area contributed by atoms with E-state index in [0.29, 0.717) is 0 Å². The van der Waals surface area contributed by atoms with Crippen molar-refractivity contribution in [3.8, 4) is 0 Å². The molecule has 0 aromatic heterocycles. The van der Waals surface area contributed by atoms with Gasteiger partial charge in [-0.3, -0.25) is 14.0 Å². The summed E-state index contributed by atoms with van der Waals surface area (Å²) in [6.07, 6.45) is 0. The second-order valence-corrected chi connectivity index (χ2v) is 4.89. The number of aliphatic imine (C=N–C) groups is 1. The Labute approximate surface area is 114 Å². The Balaban J connectivity index is -0.000000980. The summed E-state index contributed by atoms with van der Waals surface area (Å²) in [5.41, 5.74) is 14.1. The zero-order valence-electron chi connectivity index (χ0n) is 9.29. The second-order valence-electron chi connectivity index (χ2n) is 3.32. The minimum absolute atomic E-state index is 0. The SMILES string of the molecule is C[C@](N)(CS(=O)CCN=C(N)N)C(=O)O.Cl.Cl. The predicted octanol–water partition coefficient (Wildman–Crippen LogP) is -1.35. The minimum Gasteiger partial charge on any atom is -0.480 e. The fourth-order valence-corrected chi connectivity index (χ4v) is 1.98. The van der Waals surface area contributed by atoms with Crippen molar-refractivity contribution in [2.45, 2.75) is 12.5 Å². The number of hydrogen-bond acceptors (Lipinski definition) is 4. The standard InChI is InChI=1S/C7H16N4O3S.2ClH/c1-7(10,5(12)13)4-15(14)3-2-11-6(8)9;;/h2-4,10H2,1H3,(H,12,13)(H4,8,9,11);2*1H/t7-,15?;;/m0../s1. The van der Waals surface area contributed by atoms with Gasteiger partial charge >= 0.3 is 5.97 Å². The molecule has 0 aliphatic rings. The maximum atomic E-state index is 11.4. The second kappa shape index (κ2) is 9.46. The molecule has 17 heavy (non-hydrogen) atoms. The molecule has 0 saturated heterocycles. The summed E-state index contributed by atoms with van der Waals surface area (Å²) in [5.74, 6) is -1.20. The van der Waals surface area contributed by atoms with Crippen molar-refractivity contribution in [2.75, 3.05) is 18.1 Å². The van der Waals surface area contributed by atoms with Gasteiger partial charge in [0.1, 0.15) is 5.54 Å². The molecule has 104 valence electrons. The highest BCUT2D eigenvalue weighted by atomic mass is 35.5. The van der Waals surface area contributed by atoms with Crippen LogP contribution in [0.4, 0.5) is 0 Å². The summed E-state index contributed by atoms with van der Waals surface area (Å²) in [4.78, 5) is 14.2. The van der Waals surface area contributed by atoms with E-state index in [4.69, 9.17) is 22.3 Å². The lowest BCUT2D eigenvalue weighted by atomic mass is 10.1. The van der Waals surface area contributed by atoms with E-state index in [1.165, 1.54) is 6.92 Å². The first-order valence-corrected chi connectivity index (χ1v) is 5.67. The zero-order valence-corrected chi connectivity index (χ0v) is 11.7. The van der Waals surface area contributed by atoms with Gasteiger partial charge in [-0.05, 0) is 6.92 Å². The fraction of sp³-hybridized carbons (Fsp3) is 0.714. The highest BCUT2D eigenvalue weighted by molar-refractivity contribution is 7.85. The molecule has 0 saturated carbocycles. The summed E-state index contributed by atoms with van der Waals surface area (Å²) in [5, 5.41) is 8.68. The Morgan fingerprint density at radius 2 is 1.88 bits per heavy atom. The van der Waals surface area contributed by atoms with Crippen LogP contribution in [0.25, 0.3) is 0 Å². The van der Waals surface area contributed by atoms with Gasteiger partial charge in [0.25, 0.3) is 0 Å². The van der Waals surface area contributed by atoms with E-state index in [9.17, 15) is 9.00 Å². The van der Waals surface area contributed by atoms with Crippen molar-refractivity contribution in [3.05, 3.63) is 0 Å². The molecule has 0 fully saturated rings. The Hall–Kier alpha value is -0.570. The summed E-state index contributed by atoms with van der Waals surface area (Å²) in [6.45, 7) is 1.51. The lowest BCUT2D eigenvalue weighted by Gasteiger charge is -2.17. The van der Waals surface area contributed by atoms with Gasteiger partial charge in [-0.15, -0.1) is 24.8 Å². The predicted molar refractivity (Wildman–Crippen MR) is 73.3 cm³/mol. The average Bonchev–Trinajstić information content (AvgIpc) is 2.01. The van der Waals surface area contributed by atoms with Gasteiger partial charge in [0.15, 0.2) is 5.96 Å². The first kappa shape index (κ1) is 21.7. The number of halogens is 2. The van der Waals surface area contributed by atoms with Crippen molar-refractivity contribution in [1.82, 2.24) is 0 Å². The molecule has 7 N–H and O–H groups in total. The quantitative estimate of drug-likeness (QED) is 0.353. The normalized spacial score (nSPS) is 14.5. The van der Waals surface area contributed by atoms with Crippen LogP contribution in [0.15, 0.2) is 4.99 Å². The molecule has 0 heterocycles. The summed E-state index contributed by atoms with van der Waals surface area (Å²) >= 11 is 0. The maximum Gasteiger partial charge on any atom is 0.324 e. The number of aliphatic carboxylic acids is 1. The number of rotatable bonds is 6. The zero-order chi connectivity index (χ0) is 12.1. The number of nitrogens with two attached hydrogens (primary N) is 3. The van der Waals surface area contributed by atoms with Gasteiger partial charge in [-0.2, -0.15) is 0 Å². The van der Waals surface area contributed by atoms with E-state index in [1.54, 1.807) is 0 Å². The van der Waals surface area contributed by atoms with Crippen LogP contribution < -0.4 is 17.2 Å².